The molecule has 0 aliphatic heterocycles. The van der Waals surface area contributed by atoms with Gasteiger partial charge in [0.25, 0.3) is 5.56 Å². The molecule has 0 atom stereocenters. The second kappa shape index (κ2) is 7.95. The molecular formula is C18H25N3O3. The average molecular weight is 331 g/mol. The van der Waals surface area contributed by atoms with E-state index in [1.807, 2.05) is 13.8 Å². The van der Waals surface area contributed by atoms with Crippen molar-refractivity contribution >= 4 is 16.8 Å². The number of amides is 1. The fourth-order valence-electron chi connectivity index (χ4n) is 2.86. The standard InChI is InChI=1S/C18H25N3O3/c1-4-7-12-19(5-2)16(22)13-21-17(23)14-10-8-9-11-15(14)20(6-3)18(21)24/h8-11H,4-7,12-13H2,1-3H3. The zero-order valence-electron chi connectivity index (χ0n) is 14.6. The lowest BCUT2D eigenvalue weighted by atomic mass is 10.2. The van der Waals surface area contributed by atoms with Crippen molar-refractivity contribution in [1.82, 2.24) is 14.0 Å². The molecule has 24 heavy (non-hydrogen) atoms. The average Bonchev–Trinajstić information content (AvgIpc) is 2.60. The lowest BCUT2D eigenvalue weighted by Crippen LogP contribution is -2.45. The number of carbonyl (C=O) groups excluding carboxylic acids is 1. The van der Waals surface area contributed by atoms with Gasteiger partial charge in [-0.1, -0.05) is 25.5 Å². The molecule has 130 valence electrons. The number of carbonyl (C=O) groups is 1. The summed E-state index contributed by atoms with van der Waals surface area (Å²) in [6.45, 7) is 7.28. The van der Waals surface area contributed by atoms with E-state index in [0.717, 1.165) is 17.4 Å². The highest BCUT2D eigenvalue weighted by molar-refractivity contribution is 5.79. The number of para-hydroxylation sites is 1. The molecule has 0 aliphatic rings. The normalized spacial score (nSPS) is 11.0. The van der Waals surface area contributed by atoms with Crippen LogP contribution in [0.3, 0.4) is 0 Å². The molecule has 0 aliphatic carbocycles. The number of aromatic nitrogens is 2. The van der Waals surface area contributed by atoms with Crippen LogP contribution in [0.5, 0.6) is 0 Å². The molecule has 0 spiro atoms. The smallest absolute Gasteiger partial charge is 0.331 e. The summed E-state index contributed by atoms with van der Waals surface area (Å²) in [6, 6.07) is 7.01. The van der Waals surface area contributed by atoms with Gasteiger partial charge in [-0.25, -0.2) is 4.79 Å². The highest BCUT2D eigenvalue weighted by Crippen LogP contribution is 2.07. The van der Waals surface area contributed by atoms with Crippen LogP contribution < -0.4 is 11.2 Å². The second-order valence-corrected chi connectivity index (χ2v) is 5.76. The van der Waals surface area contributed by atoms with Gasteiger partial charge in [-0.05, 0) is 32.4 Å². The van der Waals surface area contributed by atoms with Crippen LogP contribution in [-0.4, -0.2) is 33.0 Å². The minimum Gasteiger partial charge on any atom is -0.341 e. The molecule has 1 aromatic heterocycles. The van der Waals surface area contributed by atoms with Crippen molar-refractivity contribution in [1.29, 1.82) is 0 Å². The highest BCUT2D eigenvalue weighted by atomic mass is 16.2. The van der Waals surface area contributed by atoms with E-state index < -0.39 is 11.2 Å². The first-order valence-electron chi connectivity index (χ1n) is 8.55. The molecule has 1 amide bonds. The van der Waals surface area contributed by atoms with E-state index in [-0.39, 0.29) is 12.5 Å². The van der Waals surface area contributed by atoms with E-state index in [1.54, 1.807) is 29.2 Å². The van der Waals surface area contributed by atoms with Crippen LogP contribution in [0.2, 0.25) is 0 Å². The Morgan fingerprint density at radius 3 is 2.42 bits per heavy atom. The van der Waals surface area contributed by atoms with Crippen molar-refractivity contribution in [2.24, 2.45) is 0 Å². The Labute approximate surface area is 141 Å². The molecule has 2 rings (SSSR count). The van der Waals surface area contributed by atoms with Crippen LogP contribution in [-0.2, 0) is 17.9 Å². The molecule has 0 bridgehead atoms. The predicted molar refractivity (Wildman–Crippen MR) is 95.3 cm³/mol. The van der Waals surface area contributed by atoms with Gasteiger partial charge in [0.1, 0.15) is 6.54 Å². The Morgan fingerprint density at radius 1 is 1.08 bits per heavy atom. The van der Waals surface area contributed by atoms with E-state index in [4.69, 9.17) is 0 Å². The highest BCUT2D eigenvalue weighted by Gasteiger charge is 2.17. The first-order chi connectivity index (χ1) is 11.5. The Hall–Kier alpha value is -2.37. The third-order valence-corrected chi connectivity index (χ3v) is 4.26. The fraction of sp³-hybridized carbons (Fsp3) is 0.500. The molecule has 1 heterocycles. The van der Waals surface area contributed by atoms with Gasteiger partial charge < -0.3 is 4.90 Å². The maximum Gasteiger partial charge on any atom is 0.331 e. The summed E-state index contributed by atoms with van der Waals surface area (Å²) >= 11 is 0. The van der Waals surface area contributed by atoms with Crippen molar-refractivity contribution in [2.45, 2.75) is 46.7 Å². The van der Waals surface area contributed by atoms with Gasteiger partial charge in [0, 0.05) is 19.6 Å². The maximum absolute atomic E-state index is 12.7. The molecule has 0 saturated heterocycles. The lowest BCUT2D eigenvalue weighted by molar-refractivity contribution is -0.131. The predicted octanol–water partition coefficient (Wildman–Crippen LogP) is 1.83. The number of hydrogen-bond acceptors (Lipinski definition) is 3. The van der Waals surface area contributed by atoms with E-state index >= 15 is 0 Å². The topological polar surface area (TPSA) is 64.3 Å². The van der Waals surface area contributed by atoms with E-state index in [9.17, 15) is 14.4 Å². The number of nitrogens with zero attached hydrogens (tertiary/aromatic N) is 3. The van der Waals surface area contributed by atoms with Gasteiger partial charge in [0.05, 0.1) is 10.9 Å². The number of aryl methyl sites for hydroxylation is 1. The summed E-state index contributed by atoms with van der Waals surface area (Å²) in [5.41, 5.74) is -0.224. The molecule has 0 fully saturated rings. The minimum atomic E-state index is -0.430. The summed E-state index contributed by atoms with van der Waals surface area (Å²) in [5.74, 6) is -0.192. The van der Waals surface area contributed by atoms with Crippen LogP contribution in [0.1, 0.15) is 33.6 Å². The number of fused-ring (bicyclic) bond motifs is 1. The van der Waals surface area contributed by atoms with E-state index in [2.05, 4.69) is 6.92 Å². The van der Waals surface area contributed by atoms with E-state index in [0.29, 0.717) is 30.5 Å². The van der Waals surface area contributed by atoms with Crippen LogP contribution >= 0.6 is 0 Å². The zero-order valence-corrected chi connectivity index (χ0v) is 14.6. The third kappa shape index (κ3) is 3.42. The minimum absolute atomic E-state index is 0.192. The first kappa shape index (κ1) is 18.0. The summed E-state index contributed by atoms with van der Waals surface area (Å²) in [6.07, 6.45) is 1.90. The SMILES string of the molecule is CCCCN(CC)C(=O)Cn1c(=O)c2ccccc2n(CC)c1=O. The Kier molecular flexibility index (Phi) is 5.95. The van der Waals surface area contributed by atoms with Gasteiger partial charge in [-0.15, -0.1) is 0 Å². The maximum atomic E-state index is 12.7. The molecule has 0 unspecified atom stereocenters. The Balaban J connectivity index is 2.47. The van der Waals surface area contributed by atoms with Crippen molar-refractivity contribution in [3.05, 3.63) is 45.1 Å². The molecule has 0 N–H and O–H groups in total. The first-order valence-corrected chi connectivity index (χ1v) is 8.55. The largest absolute Gasteiger partial charge is 0.341 e. The molecule has 2 aromatic rings. The van der Waals surface area contributed by atoms with Crippen LogP contribution in [0.15, 0.2) is 33.9 Å². The lowest BCUT2D eigenvalue weighted by Gasteiger charge is -2.21. The summed E-state index contributed by atoms with van der Waals surface area (Å²) in [4.78, 5) is 39.5. The fourth-order valence-corrected chi connectivity index (χ4v) is 2.86. The second-order valence-electron chi connectivity index (χ2n) is 5.76. The number of benzene rings is 1. The van der Waals surface area contributed by atoms with E-state index in [1.165, 1.54) is 4.57 Å². The molecule has 6 heteroatoms. The third-order valence-electron chi connectivity index (χ3n) is 4.26. The quantitative estimate of drug-likeness (QED) is 0.777. The zero-order chi connectivity index (χ0) is 17.7. The van der Waals surface area contributed by atoms with Gasteiger partial charge >= 0.3 is 5.69 Å². The summed E-state index contributed by atoms with van der Waals surface area (Å²) in [7, 11) is 0. The van der Waals surface area contributed by atoms with Gasteiger partial charge in [-0.2, -0.15) is 0 Å². The molecular weight excluding hydrogens is 306 g/mol. The number of unbranched alkanes of at least 4 members (excludes halogenated alkanes) is 1. The molecule has 6 nitrogen and oxygen atoms in total. The summed E-state index contributed by atoms with van der Waals surface area (Å²) < 4.78 is 2.59. The van der Waals surface area contributed by atoms with Crippen LogP contribution in [0, 0.1) is 0 Å². The number of rotatable bonds is 7. The number of hydrogen-bond donors (Lipinski definition) is 0. The van der Waals surface area contributed by atoms with Crippen molar-refractivity contribution in [3.8, 4) is 0 Å². The number of likely N-dealkylation sites (N-methyl/N-ethyl adjacent to an activating group) is 1. The van der Waals surface area contributed by atoms with Crippen molar-refractivity contribution in [2.75, 3.05) is 13.1 Å². The molecule has 0 saturated carbocycles. The van der Waals surface area contributed by atoms with Crippen LogP contribution in [0.4, 0.5) is 0 Å². The van der Waals surface area contributed by atoms with Crippen molar-refractivity contribution in [3.63, 3.8) is 0 Å². The van der Waals surface area contributed by atoms with Gasteiger partial charge in [0.2, 0.25) is 5.91 Å². The van der Waals surface area contributed by atoms with Crippen LogP contribution in [0.25, 0.3) is 10.9 Å². The Bertz CT molecular complexity index is 835. The Morgan fingerprint density at radius 2 is 1.79 bits per heavy atom. The van der Waals surface area contributed by atoms with Gasteiger partial charge in [0.15, 0.2) is 0 Å². The summed E-state index contributed by atoms with van der Waals surface area (Å²) in [5, 5.41) is 0.461. The molecule has 0 radical (unpaired) electrons. The van der Waals surface area contributed by atoms with Crippen molar-refractivity contribution < 1.29 is 4.79 Å². The van der Waals surface area contributed by atoms with Gasteiger partial charge in [-0.3, -0.25) is 18.7 Å². The monoisotopic (exact) mass is 331 g/mol. The molecule has 1 aromatic carbocycles.